The Morgan fingerprint density at radius 1 is 1.77 bits per heavy atom. The van der Waals surface area contributed by atoms with Crippen molar-refractivity contribution in [2.75, 3.05) is 0 Å². The molecule has 4 nitrogen and oxygen atoms in total. The topological polar surface area (TPSA) is 77.8 Å². The molecule has 3 N–H and O–H groups in total. The Labute approximate surface area is 75.5 Å². The molecule has 0 aromatic heterocycles. The zero-order valence-corrected chi connectivity index (χ0v) is 6.90. The van der Waals surface area contributed by atoms with E-state index in [1.54, 1.807) is 0 Å². The molecule has 0 aromatic carbocycles. The molecule has 0 heterocycles. The molecule has 4 heteroatoms. The summed E-state index contributed by atoms with van der Waals surface area (Å²) in [6.45, 7) is 0. The number of aliphatic hydroxyl groups excluding tert-OH is 1. The van der Waals surface area contributed by atoms with Crippen molar-refractivity contribution in [1.29, 1.82) is 0 Å². The Morgan fingerprint density at radius 2 is 2.38 bits per heavy atom. The van der Waals surface area contributed by atoms with Crippen molar-refractivity contribution in [3.8, 4) is 12.3 Å². The van der Waals surface area contributed by atoms with Gasteiger partial charge in [0.1, 0.15) is 5.60 Å². The average Bonchev–Trinajstić information content (AvgIpc) is 2.03. The predicted octanol–water partition coefficient (Wildman–Crippen LogP) is -0.484. The Kier molecular flexibility index (Phi) is 2.41. The molecule has 0 saturated heterocycles. The van der Waals surface area contributed by atoms with Gasteiger partial charge in [0.2, 0.25) is 0 Å². The van der Waals surface area contributed by atoms with Crippen LogP contribution in [0.1, 0.15) is 12.8 Å². The van der Waals surface area contributed by atoms with E-state index in [2.05, 4.69) is 5.92 Å². The van der Waals surface area contributed by atoms with E-state index in [1.807, 2.05) is 0 Å². The van der Waals surface area contributed by atoms with Crippen LogP contribution in [0.25, 0.3) is 0 Å². The summed E-state index contributed by atoms with van der Waals surface area (Å²) in [5.41, 5.74) is -1.57. The van der Waals surface area contributed by atoms with Crippen LogP contribution < -0.4 is 0 Å². The minimum Gasteiger partial charge on any atom is -0.478 e. The van der Waals surface area contributed by atoms with Crippen LogP contribution >= 0.6 is 0 Å². The summed E-state index contributed by atoms with van der Waals surface area (Å²) in [5, 5.41) is 27.4. The number of carboxylic acid groups (broad SMARTS) is 1. The third-order valence-corrected chi connectivity index (χ3v) is 1.97. The Hall–Kier alpha value is -1.31. The molecule has 0 radical (unpaired) electrons. The largest absolute Gasteiger partial charge is 0.478 e. The summed E-state index contributed by atoms with van der Waals surface area (Å²) < 4.78 is 0. The van der Waals surface area contributed by atoms with E-state index < -0.39 is 17.7 Å². The van der Waals surface area contributed by atoms with Gasteiger partial charge < -0.3 is 15.3 Å². The molecular formula is C9H10O4. The first-order valence-electron chi connectivity index (χ1n) is 3.79. The van der Waals surface area contributed by atoms with Gasteiger partial charge in [0, 0.05) is 18.4 Å². The average molecular weight is 182 g/mol. The molecule has 0 bridgehead atoms. The molecule has 0 aromatic rings. The summed E-state index contributed by atoms with van der Waals surface area (Å²) >= 11 is 0. The highest BCUT2D eigenvalue weighted by atomic mass is 16.4. The summed E-state index contributed by atoms with van der Waals surface area (Å²) in [7, 11) is 0. The normalized spacial score (nSPS) is 33.3. The summed E-state index contributed by atoms with van der Waals surface area (Å²) in [5.74, 6) is 0.927. The second-order valence-electron chi connectivity index (χ2n) is 3.12. The summed E-state index contributed by atoms with van der Waals surface area (Å²) in [6, 6.07) is 0. The number of aliphatic hydroxyl groups is 2. The number of aliphatic carboxylic acids is 1. The maximum Gasteiger partial charge on any atom is 0.331 e. The molecule has 70 valence electrons. The van der Waals surface area contributed by atoms with Crippen molar-refractivity contribution in [3.05, 3.63) is 11.6 Å². The number of carboxylic acids is 1. The van der Waals surface area contributed by atoms with Crippen LogP contribution in [-0.4, -0.2) is 33.0 Å². The van der Waals surface area contributed by atoms with Gasteiger partial charge >= 0.3 is 5.97 Å². The predicted molar refractivity (Wildman–Crippen MR) is 44.7 cm³/mol. The molecule has 1 rings (SSSR count). The molecule has 2 atom stereocenters. The number of carbonyl (C=O) groups is 1. The van der Waals surface area contributed by atoms with Gasteiger partial charge in [0.05, 0.1) is 6.10 Å². The Balaban J connectivity index is 2.93. The first kappa shape index (κ1) is 9.78. The van der Waals surface area contributed by atoms with Gasteiger partial charge in [-0.1, -0.05) is 5.92 Å². The van der Waals surface area contributed by atoms with E-state index in [9.17, 15) is 15.0 Å². The fraction of sp³-hybridized carbons (Fsp3) is 0.444. The zero-order chi connectivity index (χ0) is 10.1. The number of hydrogen-bond acceptors (Lipinski definition) is 3. The third-order valence-electron chi connectivity index (χ3n) is 1.97. The lowest BCUT2D eigenvalue weighted by Crippen LogP contribution is -2.36. The maximum atomic E-state index is 10.5. The van der Waals surface area contributed by atoms with E-state index in [0.717, 1.165) is 0 Å². The van der Waals surface area contributed by atoms with Gasteiger partial charge in [-0.25, -0.2) is 4.79 Å². The van der Waals surface area contributed by atoms with Gasteiger partial charge in [0.25, 0.3) is 0 Å². The van der Waals surface area contributed by atoms with Crippen LogP contribution in [0.5, 0.6) is 0 Å². The highest BCUT2D eigenvalue weighted by Gasteiger charge is 2.34. The van der Waals surface area contributed by atoms with Crippen LogP contribution in [0.15, 0.2) is 11.6 Å². The minimum absolute atomic E-state index is 0.0136. The molecule has 0 saturated carbocycles. The monoisotopic (exact) mass is 182 g/mol. The second-order valence-corrected chi connectivity index (χ2v) is 3.12. The standard InChI is InChI=1S/C9H10O4/c1-2-9(13)4-6(8(11)12)3-7(10)5-9/h1,3,7,10,13H,4-5H2,(H,11,12). The van der Waals surface area contributed by atoms with Gasteiger partial charge in [-0.3, -0.25) is 0 Å². The van der Waals surface area contributed by atoms with E-state index in [0.29, 0.717) is 0 Å². The van der Waals surface area contributed by atoms with Crippen molar-refractivity contribution in [3.63, 3.8) is 0 Å². The highest BCUT2D eigenvalue weighted by Crippen LogP contribution is 2.27. The fourth-order valence-corrected chi connectivity index (χ4v) is 1.34. The molecular weight excluding hydrogens is 172 g/mol. The van der Waals surface area contributed by atoms with Gasteiger partial charge in [-0.15, -0.1) is 6.42 Å². The smallest absolute Gasteiger partial charge is 0.331 e. The summed E-state index contributed by atoms with van der Waals surface area (Å²) in [4.78, 5) is 10.5. The van der Waals surface area contributed by atoms with Crippen LogP contribution in [0.4, 0.5) is 0 Å². The molecule has 1 aliphatic rings. The number of hydrogen-bond donors (Lipinski definition) is 3. The first-order chi connectivity index (χ1) is 5.97. The van der Waals surface area contributed by atoms with Crippen molar-refractivity contribution in [2.45, 2.75) is 24.5 Å². The van der Waals surface area contributed by atoms with Crippen molar-refractivity contribution < 1.29 is 20.1 Å². The molecule has 0 aliphatic heterocycles. The second kappa shape index (κ2) is 3.21. The molecule has 1 aliphatic carbocycles. The lowest BCUT2D eigenvalue weighted by Gasteiger charge is -2.28. The van der Waals surface area contributed by atoms with Crippen molar-refractivity contribution >= 4 is 5.97 Å². The fourth-order valence-electron chi connectivity index (χ4n) is 1.34. The van der Waals surface area contributed by atoms with E-state index in [1.165, 1.54) is 6.08 Å². The van der Waals surface area contributed by atoms with Gasteiger partial charge in [-0.05, 0) is 6.08 Å². The minimum atomic E-state index is -1.53. The van der Waals surface area contributed by atoms with Crippen LogP contribution in [0, 0.1) is 12.3 Å². The number of terminal acetylenes is 1. The van der Waals surface area contributed by atoms with Crippen LogP contribution in [-0.2, 0) is 4.79 Å². The highest BCUT2D eigenvalue weighted by molar-refractivity contribution is 5.87. The van der Waals surface area contributed by atoms with E-state index in [-0.39, 0.29) is 18.4 Å². The van der Waals surface area contributed by atoms with Crippen LogP contribution in [0.2, 0.25) is 0 Å². The lowest BCUT2D eigenvalue weighted by molar-refractivity contribution is -0.133. The van der Waals surface area contributed by atoms with Gasteiger partial charge in [-0.2, -0.15) is 0 Å². The lowest BCUT2D eigenvalue weighted by atomic mass is 9.84. The molecule has 0 amide bonds. The third kappa shape index (κ3) is 2.08. The quantitative estimate of drug-likeness (QED) is 0.478. The van der Waals surface area contributed by atoms with E-state index >= 15 is 0 Å². The molecule has 0 spiro atoms. The number of rotatable bonds is 1. The zero-order valence-electron chi connectivity index (χ0n) is 6.90. The SMILES string of the molecule is C#CC1(O)CC(C(=O)O)=CC(O)C1. The Bertz CT molecular complexity index is 299. The maximum absolute atomic E-state index is 10.5. The van der Waals surface area contributed by atoms with Crippen molar-refractivity contribution in [1.82, 2.24) is 0 Å². The Morgan fingerprint density at radius 3 is 2.85 bits per heavy atom. The van der Waals surface area contributed by atoms with Gasteiger partial charge in [0.15, 0.2) is 0 Å². The summed E-state index contributed by atoms with van der Waals surface area (Å²) in [6.07, 6.45) is 5.12. The van der Waals surface area contributed by atoms with E-state index in [4.69, 9.17) is 11.5 Å². The van der Waals surface area contributed by atoms with Crippen LogP contribution in [0.3, 0.4) is 0 Å². The van der Waals surface area contributed by atoms with Crippen molar-refractivity contribution in [2.24, 2.45) is 0 Å². The first-order valence-corrected chi connectivity index (χ1v) is 3.79. The molecule has 13 heavy (non-hydrogen) atoms. The molecule has 0 fully saturated rings. The molecule has 2 unspecified atom stereocenters.